The lowest BCUT2D eigenvalue weighted by molar-refractivity contribution is 0.669. The molecule has 0 bridgehead atoms. The lowest BCUT2D eigenvalue weighted by Gasteiger charge is -2.12. The molecule has 0 aliphatic rings. The van der Waals surface area contributed by atoms with Crippen LogP contribution in [-0.4, -0.2) is 9.13 Å². The van der Waals surface area contributed by atoms with E-state index in [1.165, 1.54) is 59.9 Å². The van der Waals surface area contributed by atoms with E-state index >= 15 is 0 Å². The molecule has 0 unspecified atom stereocenters. The monoisotopic (exact) mass is 624 g/mol. The molecule has 3 nitrogen and oxygen atoms in total. The minimum Gasteiger partial charge on any atom is -0.456 e. The van der Waals surface area contributed by atoms with Gasteiger partial charge in [-0.1, -0.05) is 109 Å². The quantitative estimate of drug-likeness (QED) is 0.192. The van der Waals surface area contributed by atoms with E-state index in [0.717, 1.165) is 38.9 Å². The fourth-order valence-electron chi connectivity index (χ4n) is 8.29. The Hall–Kier alpha value is -6.58. The second-order valence-electron chi connectivity index (χ2n) is 12.9. The van der Waals surface area contributed by atoms with Crippen LogP contribution in [0.5, 0.6) is 0 Å². The molecule has 3 heteroatoms. The van der Waals surface area contributed by atoms with Gasteiger partial charge in [0.2, 0.25) is 0 Å². The highest BCUT2D eigenvalue weighted by atomic mass is 16.3. The highest BCUT2D eigenvalue weighted by Gasteiger charge is 2.22. The van der Waals surface area contributed by atoms with Crippen LogP contribution in [-0.2, 0) is 0 Å². The van der Waals surface area contributed by atoms with E-state index in [9.17, 15) is 0 Å². The van der Waals surface area contributed by atoms with Gasteiger partial charge in [-0.2, -0.15) is 0 Å². The van der Waals surface area contributed by atoms with E-state index in [1.807, 2.05) is 12.1 Å². The van der Waals surface area contributed by atoms with Crippen molar-refractivity contribution in [2.24, 2.45) is 0 Å². The van der Waals surface area contributed by atoms with Gasteiger partial charge in [0.25, 0.3) is 0 Å². The van der Waals surface area contributed by atoms with Gasteiger partial charge in [0.1, 0.15) is 11.2 Å². The van der Waals surface area contributed by atoms with Gasteiger partial charge in [-0.25, -0.2) is 0 Å². The van der Waals surface area contributed by atoms with Crippen LogP contribution < -0.4 is 0 Å². The van der Waals surface area contributed by atoms with Crippen molar-refractivity contribution in [3.8, 4) is 22.5 Å². The first-order valence-electron chi connectivity index (χ1n) is 16.8. The van der Waals surface area contributed by atoms with Crippen LogP contribution in [0.4, 0.5) is 0 Å². The minimum atomic E-state index is 0.907. The molecule has 11 aromatic rings. The maximum Gasteiger partial charge on any atom is 0.136 e. The zero-order valence-corrected chi connectivity index (χ0v) is 26.5. The van der Waals surface area contributed by atoms with E-state index < -0.39 is 0 Å². The summed E-state index contributed by atoms with van der Waals surface area (Å²) in [6, 6.07) is 61.2. The smallest absolute Gasteiger partial charge is 0.136 e. The number of aromatic nitrogens is 2. The Balaban J connectivity index is 1.27. The maximum atomic E-state index is 6.28. The number of furan rings is 1. The van der Waals surface area contributed by atoms with Gasteiger partial charge in [-0.3, -0.25) is 0 Å². The molecule has 0 N–H and O–H groups in total. The summed E-state index contributed by atoms with van der Waals surface area (Å²) in [5, 5.41) is 9.89. The molecule has 0 aliphatic heterocycles. The Kier molecular flexibility index (Phi) is 5.38. The summed E-state index contributed by atoms with van der Waals surface area (Å²) in [6.45, 7) is 0. The molecule has 0 fully saturated rings. The second kappa shape index (κ2) is 9.96. The first-order valence-corrected chi connectivity index (χ1v) is 16.8. The Labute approximate surface area is 281 Å². The van der Waals surface area contributed by atoms with Gasteiger partial charge in [0.05, 0.1) is 22.1 Å². The van der Waals surface area contributed by atoms with Gasteiger partial charge < -0.3 is 13.6 Å². The average Bonchev–Trinajstić information content (AvgIpc) is 3.83. The first-order chi connectivity index (χ1) is 24.3. The van der Waals surface area contributed by atoms with Crippen LogP contribution in [0.1, 0.15) is 0 Å². The average molecular weight is 625 g/mol. The standard InChI is InChI=1S/C46H28N2O/c1-2-14-31(15-3-1)47-37-21-8-6-18-35(37)45-39(47)26-27-40-46(45)44-33-17-5-4-12-29(33)24-25-38(44)48(40)32-16-10-13-30(28-32)34-20-11-23-42-43(34)36-19-7-9-22-41(36)49-42/h1-28H. The Bertz CT molecular complexity index is 3100. The fraction of sp³-hybridized carbons (Fsp3) is 0. The van der Waals surface area contributed by atoms with E-state index in [2.05, 4.69) is 167 Å². The Morgan fingerprint density at radius 2 is 0.959 bits per heavy atom. The predicted molar refractivity (Wildman–Crippen MR) is 205 cm³/mol. The predicted octanol–water partition coefficient (Wildman–Crippen LogP) is 12.6. The van der Waals surface area contributed by atoms with Crippen molar-refractivity contribution in [2.75, 3.05) is 0 Å². The summed E-state index contributed by atoms with van der Waals surface area (Å²) in [6.07, 6.45) is 0. The van der Waals surface area contributed by atoms with Crippen LogP contribution in [0, 0.1) is 0 Å². The summed E-state index contributed by atoms with van der Waals surface area (Å²) >= 11 is 0. The largest absolute Gasteiger partial charge is 0.456 e. The van der Waals surface area contributed by atoms with E-state index in [0.29, 0.717) is 0 Å². The number of rotatable bonds is 3. The molecule has 0 aliphatic carbocycles. The van der Waals surface area contributed by atoms with Crippen LogP contribution in [0.25, 0.3) is 98.8 Å². The van der Waals surface area contributed by atoms with E-state index in [-0.39, 0.29) is 0 Å². The molecule has 49 heavy (non-hydrogen) atoms. The lowest BCUT2D eigenvalue weighted by Crippen LogP contribution is -1.95. The zero-order chi connectivity index (χ0) is 32.1. The number of para-hydroxylation sites is 3. The SMILES string of the molecule is c1ccc(-n2c3ccccc3c3c4c5c6ccccc6ccc5n(-c5cccc(-c6cccc7oc8ccccc8c67)c5)c4ccc32)cc1. The van der Waals surface area contributed by atoms with Crippen molar-refractivity contribution in [3.63, 3.8) is 0 Å². The molecule has 8 aromatic carbocycles. The van der Waals surface area contributed by atoms with E-state index in [1.54, 1.807) is 0 Å². The minimum absolute atomic E-state index is 0.907. The van der Waals surface area contributed by atoms with Crippen LogP contribution in [0.15, 0.2) is 174 Å². The fourth-order valence-corrected chi connectivity index (χ4v) is 8.29. The number of fused-ring (bicyclic) bond motifs is 12. The van der Waals surface area contributed by atoms with Crippen molar-refractivity contribution in [1.82, 2.24) is 9.13 Å². The van der Waals surface area contributed by atoms with Crippen molar-refractivity contribution in [1.29, 1.82) is 0 Å². The molecule has 0 saturated carbocycles. The van der Waals surface area contributed by atoms with Crippen LogP contribution >= 0.6 is 0 Å². The normalized spacial score (nSPS) is 12.1. The molecular formula is C46H28N2O. The van der Waals surface area contributed by atoms with Gasteiger partial charge in [0, 0.05) is 43.7 Å². The third-order valence-electron chi connectivity index (χ3n) is 10.3. The van der Waals surface area contributed by atoms with Crippen LogP contribution in [0.2, 0.25) is 0 Å². The summed E-state index contributed by atoms with van der Waals surface area (Å²) in [4.78, 5) is 0. The van der Waals surface area contributed by atoms with Gasteiger partial charge in [0.15, 0.2) is 0 Å². The number of hydrogen-bond acceptors (Lipinski definition) is 1. The second-order valence-corrected chi connectivity index (χ2v) is 12.9. The molecule has 0 atom stereocenters. The molecule has 0 radical (unpaired) electrons. The molecule has 3 aromatic heterocycles. The van der Waals surface area contributed by atoms with E-state index in [4.69, 9.17) is 4.42 Å². The molecule has 11 rings (SSSR count). The molecule has 228 valence electrons. The summed E-state index contributed by atoms with van der Waals surface area (Å²) in [5.41, 5.74) is 11.2. The van der Waals surface area contributed by atoms with Crippen molar-refractivity contribution in [3.05, 3.63) is 170 Å². The van der Waals surface area contributed by atoms with Crippen molar-refractivity contribution in [2.45, 2.75) is 0 Å². The number of nitrogens with zero attached hydrogens (tertiary/aromatic N) is 2. The molecule has 3 heterocycles. The Morgan fingerprint density at radius 1 is 0.347 bits per heavy atom. The summed E-state index contributed by atoms with van der Waals surface area (Å²) in [5.74, 6) is 0. The molecule has 0 saturated heterocycles. The zero-order valence-electron chi connectivity index (χ0n) is 26.5. The molecule has 0 amide bonds. The molecule has 0 spiro atoms. The summed E-state index contributed by atoms with van der Waals surface area (Å²) < 4.78 is 11.1. The lowest BCUT2D eigenvalue weighted by atomic mass is 9.99. The van der Waals surface area contributed by atoms with Gasteiger partial charge in [-0.05, 0) is 82.6 Å². The summed E-state index contributed by atoms with van der Waals surface area (Å²) in [7, 11) is 0. The molecular weight excluding hydrogens is 597 g/mol. The highest BCUT2D eigenvalue weighted by Crippen LogP contribution is 2.45. The number of hydrogen-bond donors (Lipinski definition) is 0. The topological polar surface area (TPSA) is 23.0 Å². The van der Waals surface area contributed by atoms with Gasteiger partial charge in [-0.15, -0.1) is 0 Å². The van der Waals surface area contributed by atoms with Crippen molar-refractivity contribution >= 4 is 76.3 Å². The van der Waals surface area contributed by atoms with Crippen LogP contribution in [0.3, 0.4) is 0 Å². The maximum absolute atomic E-state index is 6.28. The van der Waals surface area contributed by atoms with Crippen molar-refractivity contribution < 1.29 is 4.42 Å². The first kappa shape index (κ1) is 26.5. The van der Waals surface area contributed by atoms with Gasteiger partial charge >= 0.3 is 0 Å². The third kappa shape index (κ3) is 3.67. The highest BCUT2D eigenvalue weighted by molar-refractivity contribution is 6.33. The third-order valence-corrected chi connectivity index (χ3v) is 10.3. The number of benzene rings is 8. The Morgan fingerprint density at radius 3 is 1.84 bits per heavy atom.